The van der Waals surface area contributed by atoms with E-state index in [0.717, 1.165) is 12.1 Å². The zero-order valence-electron chi connectivity index (χ0n) is 13.0. The van der Waals surface area contributed by atoms with Gasteiger partial charge in [0, 0.05) is 30.9 Å². The molecule has 0 saturated heterocycles. The van der Waals surface area contributed by atoms with Crippen LogP contribution in [0, 0.1) is 0 Å². The fraction of sp³-hybridized carbons (Fsp3) is 0.353. The van der Waals surface area contributed by atoms with E-state index in [2.05, 4.69) is 5.32 Å². The molecule has 0 saturated carbocycles. The average molecular weight is 324 g/mol. The first-order valence-corrected chi connectivity index (χ1v) is 7.25. The van der Waals surface area contributed by atoms with Crippen LogP contribution in [-0.2, 0) is 23.1 Å². The van der Waals surface area contributed by atoms with Gasteiger partial charge in [0.25, 0.3) is 0 Å². The van der Waals surface area contributed by atoms with Crippen molar-refractivity contribution in [2.75, 3.05) is 0 Å². The molecule has 1 aromatic heterocycles. The Kier molecular flexibility index (Phi) is 4.82. The van der Waals surface area contributed by atoms with Crippen molar-refractivity contribution in [2.24, 2.45) is 0 Å². The zero-order valence-corrected chi connectivity index (χ0v) is 13.0. The Labute approximate surface area is 133 Å². The van der Waals surface area contributed by atoms with E-state index in [0.29, 0.717) is 5.56 Å². The molecular formula is C17H19F3N2O. The summed E-state index contributed by atoms with van der Waals surface area (Å²) in [5, 5.41) is 2.68. The van der Waals surface area contributed by atoms with E-state index in [1.54, 1.807) is 6.07 Å². The van der Waals surface area contributed by atoms with Crippen LogP contribution in [-0.4, -0.2) is 10.5 Å². The van der Waals surface area contributed by atoms with Gasteiger partial charge in [0.15, 0.2) is 0 Å². The molecule has 2 rings (SSSR count). The SMILES string of the molecule is CC(C)(CC(=O)NCc1cccc(C(F)(F)F)c1)n1cccc1. The third kappa shape index (κ3) is 4.61. The Morgan fingerprint density at radius 2 is 1.78 bits per heavy atom. The summed E-state index contributed by atoms with van der Waals surface area (Å²) in [6, 6.07) is 8.73. The van der Waals surface area contributed by atoms with Crippen molar-refractivity contribution in [3.8, 4) is 0 Å². The highest BCUT2D eigenvalue weighted by atomic mass is 19.4. The topological polar surface area (TPSA) is 34.0 Å². The first kappa shape index (κ1) is 17.1. The maximum Gasteiger partial charge on any atom is 0.416 e. The molecule has 0 spiro atoms. The molecule has 0 radical (unpaired) electrons. The summed E-state index contributed by atoms with van der Waals surface area (Å²) in [4.78, 5) is 12.1. The summed E-state index contributed by atoms with van der Waals surface area (Å²) in [6.45, 7) is 3.93. The van der Waals surface area contributed by atoms with Crippen molar-refractivity contribution in [3.63, 3.8) is 0 Å². The van der Waals surface area contributed by atoms with E-state index in [1.807, 2.05) is 42.9 Å². The van der Waals surface area contributed by atoms with E-state index in [4.69, 9.17) is 0 Å². The molecule has 0 bridgehead atoms. The van der Waals surface area contributed by atoms with Crippen LogP contribution in [0.2, 0.25) is 0 Å². The van der Waals surface area contributed by atoms with Gasteiger partial charge in [0.2, 0.25) is 5.91 Å². The largest absolute Gasteiger partial charge is 0.416 e. The first-order valence-electron chi connectivity index (χ1n) is 7.25. The minimum Gasteiger partial charge on any atom is -0.352 e. The second-order valence-corrected chi connectivity index (χ2v) is 6.05. The van der Waals surface area contributed by atoms with Crippen LogP contribution in [0.4, 0.5) is 13.2 Å². The molecule has 2 aromatic rings. The molecule has 0 unspecified atom stereocenters. The first-order chi connectivity index (χ1) is 10.7. The summed E-state index contributed by atoms with van der Waals surface area (Å²) in [5.74, 6) is -0.207. The van der Waals surface area contributed by atoms with Gasteiger partial charge in [0.1, 0.15) is 0 Å². The van der Waals surface area contributed by atoms with Crippen LogP contribution in [0.3, 0.4) is 0 Å². The van der Waals surface area contributed by atoms with E-state index >= 15 is 0 Å². The Hall–Kier alpha value is -2.24. The zero-order chi connectivity index (χ0) is 17.1. The minimum atomic E-state index is -4.38. The molecule has 124 valence electrons. The van der Waals surface area contributed by atoms with Gasteiger partial charge < -0.3 is 9.88 Å². The number of carbonyl (C=O) groups excluding carboxylic acids is 1. The predicted octanol–water partition coefficient (Wildman–Crippen LogP) is 3.95. The number of benzene rings is 1. The van der Waals surface area contributed by atoms with Crippen LogP contribution in [0.5, 0.6) is 0 Å². The predicted molar refractivity (Wildman–Crippen MR) is 81.7 cm³/mol. The Balaban J connectivity index is 1.95. The van der Waals surface area contributed by atoms with Crippen LogP contribution >= 0.6 is 0 Å². The number of nitrogens with one attached hydrogen (secondary N) is 1. The highest BCUT2D eigenvalue weighted by molar-refractivity contribution is 5.76. The summed E-state index contributed by atoms with van der Waals surface area (Å²) in [6.07, 6.45) is -0.392. The standard InChI is InChI=1S/C17H19F3N2O/c1-16(2,22-8-3-4-9-22)11-15(23)21-12-13-6-5-7-14(10-13)17(18,19)20/h3-10H,11-12H2,1-2H3,(H,21,23). The van der Waals surface area contributed by atoms with Crippen LogP contribution in [0.15, 0.2) is 48.8 Å². The normalized spacial score (nSPS) is 12.2. The molecule has 1 N–H and O–H groups in total. The molecule has 1 amide bonds. The third-order valence-corrected chi connectivity index (χ3v) is 3.64. The van der Waals surface area contributed by atoms with Crippen molar-refractivity contribution in [2.45, 2.75) is 38.5 Å². The Morgan fingerprint density at radius 3 is 2.39 bits per heavy atom. The summed E-state index contributed by atoms with van der Waals surface area (Å²) >= 11 is 0. The maximum atomic E-state index is 12.7. The molecule has 0 aliphatic carbocycles. The molecular weight excluding hydrogens is 305 g/mol. The fourth-order valence-corrected chi connectivity index (χ4v) is 2.34. The number of nitrogens with zero attached hydrogens (tertiary/aromatic N) is 1. The van der Waals surface area contributed by atoms with Gasteiger partial charge in [-0.3, -0.25) is 4.79 Å². The molecule has 0 aliphatic heterocycles. The van der Waals surface area contributed by atoms with E-state index < -0.39 is 17.3 Å². The Bertz CT molecular complexity index is 661. The quantitative estimate of drug-likeness (QED) is 0.888. The number of rotatable bonds is 5. The third-order valence-electron chi connectivity index (χ3n) is 3.64. The number of aromatic nitrogens is 1. The summed E-state index contributed by atoms with van der Waals surface area (Å²) in [7, 11) is 0. The Morgan fingerprint density at radius 1 is 1.13 bits per heavy atom. The number of carbonyl (C=O) groups is 1. The molecule has 23 heavy (non-hydrogen) atoms. The van der Waals surface area contributed by atoms with Gasteiger partial charge in [-0.15, -0.1) is 0 Å². The summed E-state index contributed by atoms with van der Waals surface area (Å²) in [5.41, 5.74) is -0.689. The average Bonchev–Trinajstić information content (AvgIpc) is 2.99. The van der Waals surface area contributed by atoms with E-state index in [1.165, 1.54) is 6.07 Å². The van der Waals surface area contributed by atoms with Crippen molar-refractivity contribution in [1.82, 2.24) is 9.88 Å². The number of hydrogen-bond acceptors (Lipinski definition) is 1. The van der Waals surface area contributed by atoms with Crippen molar-refractivity contribution in [1.29, 1.82) is 0 Å². The lowest BCUT2D eigenvalue weighted by Gasteiger charge is -2.26. The van der Waals surface area contributed by atoms with Gasteiger partial charge in [-0.2, -0.15) is 13.2 Å². The number of halogens is 3. The van der Waals surface area contributed by atoms with E-state index in [9.17, 15) is 18.0 Å². The molecule has 0 fully saturated rings. The number of amides is 1. The van der Waals surface area contributed by atoms with Gasteiger partial charge in [0.05, 0.1) is 5.56 Å². The van der Waals surface area contributed by atoms with Crippen molar-refractivity contribution < 1.29 is 18.0 Å². The van der Waals surface area contributed by atoms with Gasteiger partial charge in [-0.25, -0.2) is 0 Å². The van der Waals surface area contributed by atoms with E-state index in [-0.39, 0.29) is 18.9 Å². The summed E-state index contributed by atoms with van der Waals surface area (Å²) < 4.78 is 39.9. The lowest BCUT2D eigenvalue weighted by atomic mass is 10.00. The van der Waals surface area contributed by atoms with Crippen molar-refractivity contribution >= 4 is 5.91 Å². The lowest BCUT2D eigenvalue weighted by molar-refractivity contribution is -0.137. The van der Waals surface area contributed by atoms with Crippen LogP contribution in [0.1, 0.15) is 31.4 Å². The van der Waals surface area contributed by atoms with Gasteiger partial charge >= 0.3 is 6.18 Å². The molecule has 6 heteroatoms. The second kappa shape index (κ2) is 6.48. The molecule has 1 aromatic carbocycles. The van der Waals surface area contributed by atoms with Crippen molar-refractivity contribution in [3.05, 3.63) is 59.9 Å². The van der Waals surface area contributed by atoms with Crippen LogP contribution in [0.25, 0.3) is 0 Å². The fourth-order valence-electron chi connectivity index (χ4n) is 2.34. The highest BCUT2D eigenvalue weighted by Crippen LogP contribution is 2.29. The molecule has 0 aliphatic rings. The molecule has 0 atom stereocenters. The number of alkyl halides is 3. The minimum absolute atomic E-state index is 0.0739. The van der Waals surface area contributed by atoms with Gasteiger partial charge in [-0.1, -0.05) is 12.1 Å². The maximum absolute atomic E-state index is 12.7. The van der Waals surface area contributed by atoms with Gasteiger partial charge in [-0.05, 0) is 43.7 Å². The molecule has 3 nitrogen and oxygen atoms in total. The number of hydrogen-bond donors (Lipinski definition) is 1. The second-order valence-electron chi connectivity index (χ2n) is 6.05. The smallest absolute Gasteiger partial charge is 0.352 e. The monoisotopic (exact) mass is 324 g/mol. The van der Waals surface area contributed by atoms with Crippen LogP contribution < -0.4 is 5.32 Å². The highest BCUT2D eigenvalue weighted by Gasteiger charge is 2.30. The lowest BCUT2D eigenvalue weighted by Crippen LogP contribution is -2.34. The molecule has 1 heterocycles.